The van der Waals surface area contributed by atoms with Gasteiger partial charge in [-0.25, -0.2) is 4.79 Å². The standard InChI is InChI=1S/C26H24ClN3O5/c1-17-7-13-20(14-8-17)28-23(31)15-30(2)24(32)16-35-26(34)21-5-3-4-6-22(21)29-25(33)18-9-11-19(27)12-10-18/h3-14H,15-16H2,1-2H3,(H,28,31)(H,29,33). The molecule has 0 aliphatic heterocycles. The molecule has 3 amide bonds. The zero-order chi connectivity index (χ0) is 25.4. The third-order valence-electron chi connectivity index (χ3n) is 4.97. The number of aryl methyl sites for hydroxylation is 1. The highest BCUT2D eigenvalue weighted by atomic mass is 35.5. The lowest BCUT2D eigenvalue weighted by atomic mass is 10.1. The average Bonchev–Trinajstić information content (AvgIpc) is 2.84. The van der Waals surface area contributed by atoms with Crippen molar-refractivity contribution < 1.29 is 23.9 Å². The van der Waals surface area contributed by atoms with E-state index in [9.17, 15) is 19.2 Å². The minimum absolute atomic E-state index is 0.0855. The third kappa shape index (κ3) is 7.41. The van der Waals surface area contributed by atoms with E-state index in [0.29, 0.717) is 16.3 Å². The molecule has 3 aromatic carbocycles. The second kappa shape index (κ2) is 11.8. The number of carbonyl (C=O) groups excluding carboxylic acids is 4. The van der Waals surface area contributed by atoms with Gasteiger partial charge in [-0.05, 0) is 55.5 Å². The molecular formula is C26H24ClN3O5. The van der Waals surface area contributed by atoms with Crippen molar-refractivity contribution in [3.05, 3.63) is 94.5 Å². The van der Waals surface area contributed by atoms with Gasteiger partial charge in [0.15, 0.2) is 6.61 Å². The molecule has 0 unspecified atom stereocenters. The SMILES string of the molecule is Cc1ccc(NC(=O)CN(C)C(=O)COC(=O)c2ccccc2NC(=O)c2ccc(Cl)cc2)cc1. The lowest BCUT2D eigenvalue weighted by Crippen LogP contribution is -2.37. The van der Waals surface area contributed by atoms with Gasteiger partial charge in [0.05, 0.1) is 17.8 Å². The molecule has 9 heteroatoms. The zero-order valence-electron chi connectivity index (χ0n) is 19.2. The van der Waals surface area contributed by atoms with Crippen molar-refractivity contribution in [3.8, 4) is 0 Å². The summed E-state index contributed by atoms with van der Waals surface area (Å²) < 4.78 is 5.14. The molecular weight excluding hydrogens is 470 g/mol. The number of para-hydroxylation sites is 1. The fourth-order valence-corrected chi connectivity index (χ4v) is 3.15. The number of benzene rings is 3. The second-order valence-corrected chi connectivity index (χ2v) is 8.18. The first-order chi connectivity index (χ1) is 16.7. The number of nitrogens with zero attached hydrogens (tertiary/aromatic N) is 1. The van der Waals surface area contributed by atoms with Crippen LogP contribution in [0.1, 0.15) is 26.3 Å². The minimum Gasteiger partial charge on any atom is -0.452 e. The summed E-state index contributed by atoms with van der Waals surface area (Å²) in [5.74, 6) is -2.16. The van der Waals surface area contributed by atoms with Crippen LogP contribution in [0.25, 0.3) is 0 Å². The number of carbonyl (C=O) groups is 4. The van der Waals surface area contributed by atoms with Crippen molar-refractivity contribution in [1.82, 2.24) is 4.90 Å². The Morgan fingerprint density at radius 1 is 0.886 bits per heavy atom. The van der Waals surface area contributed by atoms with Crippen LogP contribution in [0.3, 0.4) is 0 Å². The van der Waals surface area contributed by atoms with Crippen LogP contribution in [0.4, 0.5) is 11.4 Å². The van der Waals surface area contributed by atoms with Gasteiger partial charge in [-0.1, -0.05) is 41.4 Å². The summed E-state index contributed by atoms with van der Waals surface area (Å²) >= 11 is 5.85. The number of nitrogens with one attached hydrogen (secondary N) is 2. The van der Waals surface area contributed by atoms with Gasteiger partial charge in [-0.15, -0.1) is 0 Å². The van der Waals surface area contributed by atoms with E-state index in [4.69, 9.17) is 16.3 Å². The zero-order valence-corrected chi connectivity index (χ0v) is 20.0. The van der Waals surface area contributed by atoms with E-state index in [-0.39, 0.29) is 23.7 Å². The monoisotopic (exact) mass is 493 g/mol. The average molecular weight is 494 g/mol. The predicted octanol–water partition coefficient (Wildman–Crippen LogP) is 4.15. The van der Waals surface area contributed by atoms with Crippen LogP contribution in [0, 0.1) is 6.92 Å². The Balaban J connectivity index is 1.54. The molecule has 3 rings (SSSR count). The van der Waals surface area contributed by atoms with Crippen LogP contribution in [0.2, 0.25) is 5.02 Å². The molecule has 0 spiro atoms. The Labute approximate surface area is 207 Å². The molecule has 0 aromatic heterocycles. The maximum atomic E-state index is 12.6. The van der Waals surface area contributed by atoms with Gasteiger partial charge in [0, 0.05) is 23.3 Å². The van der Waals surface area contributed by atoms with Crippen LogP contribution >= 0.6 is 11.6 Å². The molecule has 0 saturated carbocycles. The van der Waals surface area contributed by atoms with Gasteiger partial charge in [0.1, 0.15) is 0 Å². The molecule has 8 nitrogen and oxygen atoms in total. The summed E-state index contributed by atoms with van der Waals surface area (Å²) in [7, 11) is 1.44. The quantitative estimate of drug-likeness (QED) is 0.458. The van der Waals surface area contributed by atoms with E-state index in [1.54, 1.807) is 54.6 Å². The molecule has 0 bridgehead atoms. The van der Waals surface area contributed by atoms with Crippen molar-refractivity contribution >= 4 is 46.7 Å². The van der Waals surface area contributed by atoms with Crippen molar-refractivity contribution in [2.24, 2.45) is 0 Å². The van der Waals surface area contributed by atoms with Crippen molar-refractivity contribution in [1.29, 1.82) is 0 Å². The molecule has 0 aliphatic rings. The molecule has 0 fully saturated rings. The number of ether oxygens (including phenoxy) is 1. The number of likely N-dealkylation sites (N-methyl/N-ethyl adjacent to an activating group) is 1. The van der Waals surface area contributed by atoms with Gasteiger partial charge in [0.25, 0.3) is 11.8 Å². The van der Waals surface area contributed by atoms with E-state index >= 15 is 0 Å². The molecule has 35 heavy (non-hydrogen) atoms. The molecule has 2 N–H and O–H groups in total. The van der Waals surface area contributed by atoms with E-state index in [0.717, 1.165) is 10.5 Å². The number of halogens is 1. The summed E-state index contributed by atoms with van der Waals surface area (Å²) in [6.45, 7) is 1.16. The maximum Gasteiger partial charge on any atom is 0.340 e. The van der Waals surface area contributed by atoms with Crippen molar-refractivity contribution in [2.45, 2.75) is 6.92 Å². The predicted molar refractivity (Wildman–Crippen MR) is 134 cm³/mol. The van der Waals surface area contributed by atoms with E-state index in [1.165, 1.54) is 13.1 Å². The molecule has 0 aliphatic carbocycles. The minimum atomic E-state index is -0.789. The number of hydrogen-bond donors (Lipinski definition) is 2. The largest absolute Gasteiger partial charge is 0.452 e. The van der Waals surface area contributed by atoms with Crippen LogP contribution in [-0.2, 0) is 14.3 Å². The number of hydrogen-bond acceptors (Lipinski definition) is 5. The Kier molecular flexibility index (Phi) is 8.58. The van der Waals surface area contributed by atoms with Crippen LogP contribution in [0.15, 0.2) is 72.8 Å². The molecule has 0 saturated heterocycles. The smallest absolute Gasteiger partial charge is 0.340 e. The van der Waals surface area contributed by atoms with Gasteiger partial charge >= 0.3 is 5.97 Å². The summed E-state index contributed by atoms with van der Waals surface area (Å²) in [6.07, 6.45) is 0. The van der Waals surface area contributed by atoms with E-state index < -0.39 is 24.4 Å². The first-order valence-corrected chi connectivity index (χ1v) is 11.0. The van der Waals surface area contributed by atoms with Crippen LogP contribution < -0.4 is 10.6 Å². The first-order valence-electron chi connectivity index (χ1n) is 10.7. The number of rotatable bonds is 8. The molecule has 3 aromatic rings. The topological polar surface area (TPSA) is 105 Å². The first kappa shape index (κ1) is 25.5. The summed E-state index contributed by atoms with van der Waals surface area (Å²) in [6, 6.07) is 19.8. The fraction of sp³-hybridized carbons (Fsp3) is 0.154. The number of esters is 1. The lowest BCUT2D eigenvalue weighted by Gasteiger charge is -2.17. The Hall–Kier alpha value is -4.17. The van der Waals surface area contributed by atoms with Crippen molar-refractivity contribution in [3.63, 3.8) is 0 Å². The summed E-state index contributed by atoms with van der Waals surface area (Å²) in [5, 5.41) is 5.85. The highest BCUT2D eigenvalue weighted by Crippen LogP contribution is 2.18. The van der Waals surface area contributed by atoms with Gasteiger partial charge < -0.3 is 20.3 Å². The highest BCUT2D eigenvalue weighted by Gasteiger charge is 2.19. The third-order valence-corrected chi connectivity index (χ3v) is 5.22. The number of amides is 3. The number of anilines is 2. The molecule has 0 heterocycles. The maximum absolute atomic E-state index is 12.6. The normalized spacial score (nSPS) is 10.3. The van der Waals surface area contributed by atoms with E-state index in [2.05, 4.69) is 10.6 Å². The fourth-order valence-electron chi connectivity index (χ4n) is 3.02. The van der Waals surface area contributed by atoms with Crippen LogP contribution in [-0.4, -0.2) is 48.8 Å². The van der Waals surface area contributed by atoms with Gasteiger partial charge in [-0.2, -0.15) is 0 Å². The van der Waals surface area contributed by atoms with Gasteiger partial charge in [-0.3, -0.25) is 14.4 Å². The van der Waals surface area contributed by atoms with Crippen LogP contribution in [0.5, 0.6) is 0 Å². The Morgan fingerprint density at radius 3 is 2.23 bits per heavy atom. The Bertz CT molecular complexity index is 1230. The van der Waals surface area contributed by atoms with Gasteiger partial charge in [0.2, 0.25) is 5.91 Å². The second-order valence-electron chi connectivity index (χ2n) is 7.75. The van der Waals surface area contributed by atoms with Crippen molar-refractivity contribution in [2.75, 3.05) is 30.8 Å². The highest BCUT2D eigenvalue weighted by molar-refractivity contribution is 6.30. The van der Waals surface area contributed by atoms with E-state index in [1.807, 2.05) is 19.1 Å². The lowest BCUT2D eigenvalue weighted by molar-refractivity contribution is -0.136. The Morgan fingerprint density at radius 2 is 1.54 bits per heavy atom. The summed E-state index contributed by atoms with van der Waals surface area (Å²) in [5.41, 5.74) is 2.35. The molecule has 0 atom stereocenters. The molecule has 180 valence electrons. The summed E-state index contributed by atoms with van der Waals surface area (Å²) in [4.78, 5) is 50.8. The molecule has 0 radical (unpaired) electrons.